The summed E-state index contributed by atoms with van der Waals surface area (Å²) in [5.74, 6) is -0.825. The summed E-state index contributed by atoms with van der Waals surface area (Å²) in [6, 6.07) is -0.0645. The van der Waals surface area contributed by atoms with Crippen molar-refractivity contribution in [3.8, 4) is 0 Å². The minimum atomic E-state index is -0.825. The number of rotatable bonds is 5. The molecule has 0 saturated carbocycles. The Morgan fingerprint density at radius 3 is 2.06 bits per heavy atom. The summed E-state index contributed by atoms with van der Waals surface area (Å²) in [6.45, 7) is 7.36. The first kappa shape index (κ1) is 15.7. The monoisotopic (exact) mass is 244 g/mol. The van der Waals surface area contributed by atoms with Crippen molar-refractivity contribution in [2.75, 3.05) is 27.2 Å². The second kappa shape index (κ2) is 6.47. The van der Waals surface area contributed by atoms with Crippen LogP contribution in [-0.2, 0) is 4.79 Å². The molecule has 0 heterocycles. The van der Waals surface area contributed by atoms with Gasteiger partial charge in [-0.05, 0) is 11.8 Å². The van der Waals surface area contributed by atoms with Crippen LogP contribution in [0.15, 0.2) is 0 Å². The fourth-order valence-electron chi connectivity index (χ4n) is 1.63. The quantitative estimate of drug-likeness (QED) is 0.803. The van der Waals surface area contributed by atoms with Crippen molar-refractivity contribution in [1.29, 1.82) is 0 Å². The van der Waals surface area contributed by atoms with Crippen molar-refractivity contribution >= 4 is 12.0 Å². The summed E-state index contributed by atoms with van der Waals surface area (Å²) in [5.41, 5.74) is 0.0618. The summed E-state index contributed by atoms with van der Waals surface area (Å²) in [5, 5.41) is 8.51. The number of amides is 2. The Hall–Kier alpha value is -1.26. The Morgan fingerprint density at radius 2 is 1.65 bits per heavy atom. The molecule has 100 valence electrons. The fourth-order valence-corrected chi connectivity index (χ4v) is 1.63. The Kier molecular flexibility index (Phi) is 5.99. The van der Waals surface area contributed by atoms with Crippen LogP contribution in [-0.4, -0.2) is 54.1 Å². The van der Waals surface area contributed by atoms with Crippen LogP contribution in [0.5, 0.6) is 0 Å². The number of nitrogens with zero attached hydrogens (tertiary/aromatic N) is 2. The lowest BCUT2D eigenvalue weighted by Gasteiger charge is -2.30. The number of urea groups is 1. The molecule has 0 aromatic rings. The van der Waals surface area contributed by atoms with E-state index in [0.717, 1.165) is 0 Å². The van der Waals surface area contributed by atoms with Crippen LogP contribution in [0.25, 0.3) is 0 Å². The smallest absolute Gasteiger partial charge is 0.319 e. The molecule has 0 aliphatic carbocycles. The van der Waals surface area contributed by atoms with Gasteiger partial charge < -0.3 is 14.9 Å². The molecule has 0 spiro atoms. The molecule has 0 aliphatic rings. The minimum absolute atomic E-state index is 0.0618. The molecule has 0 aromatic heterocycles. The van der Waals surface area contributed by atoms with Crippen LogP contribution in [0.1, 0.15) is 33.6 Å². The average Bonchev–Trinajstić information content (AvgIpc) is 2.13. The number of carboxylic acids is 1. The van der Waals surface area contributed by atoms with E-state index < -0.39 is 5.97 Å². The molecular formula is C12H24N2O3. The topological polar surface area (TPSA) is 60.9 Å². The molecule has 5 heteroatoms. The Balaban J connectivity index is 4.07. The first-order valence-electron chi connectivity index (χ1n) is 5.81. The maximum absolute atomic E-state index is 11.9. The van der Waals surface area contributed by atoms with E-state index in [1.165, 1.54) is 0 Å². The van der Waals surface area contributed by atoms with Gasteiger partial charge in [-0.25, -0.2) is 4.79 Å². The third kappa shape index (κ3) is 7.60. The molecule has 0 fully saturated rings. The van der Waals surface area contributed by atoms with Gasteiger partial charge in [0.2, 0.25) is 0 Å². The van der Waals surface area contributed by atoms with Gasteiger partial charge in [-0.3, -0.25) is 4.79 Å². The van der Waals surface area contributed by atoms with Crippen LogP contribution in [0.2, 0.25) is 0 Å². The van der Waals surface area contributed by atoms with Crippen molar-refractivity contribution in [3.63, 3.8) is 0 Å². The number of hydrogen-bond donors (Lipinski definition) is 1. The number of hydrogen-bond acceptors (Lipinski definition) is 2. The highest BCUT2D eigenvalue weighted by Gasteiger charge is 2.20. The summed E-state index contributed by atoms with van der Waals surface area (Å²) >= 11 is 0. The molecule has 0 unspecified atom stereocenters. The zero-order chi connectivity index (χ0) is 13.6. The van der Waals surface area contributed by atoms with Gasteiger partial charge in [0.25, 0.3) is 0 Å². The van der Waals surface area contributed by atoms with E-state index in [-0.39, 0.29) is 17.9 Å². The highest BCUT2D eigenvalue weighted by atomic mass is 16.4. The van der Waals surface area contributed by atoms with Gasteiger partial charge in [0, 0.05) is 33.6 Å². The van der Waals surface area contributed by atoms with E-state index >= 15 is 0 Å². The van der Waals surface area contributed by atoms with Gasteiger partial charge in [0.05, 0.1) is 0 Å². The molecule has 1 N–H and O–H groups in total. The number of aliphatic carboxylic acids is 1. The summed E-state index contributed by atoms with van der Waals surface area (Å²) < 4.78 is 0. The van der Waals surface area contributed by atoms with Gasteiger partial charge in [-0.1, -0.05) is 20.8 Å². The van der Waals surface area contributed by atoms with E-state index in [4.69, 9.17) is 5.11 Å². The highest BCUT2D eigenvalue weighted by Crippen LogP contribution is 2.14. The van der Waals surface area contributed by atoms with Crippen LogP contribution in [0.4, 0.5) is 4.79 Å². The predicted molar refractivity (Wildman–Crippen MR) is 67.0 cm³/mol. The van der Waals surface area contributed by atoms with E-state index in [9.17, 15) is 9.59 Å². The van der Waals surface area contributed by atoms with E-state index in [0.29, 0.717) is 19.5 Å². The second-order valence-corrected chi connectivity index (χ2v) is 5.62. The molecule has 0 rings (SSSR count). The maximum Gasteiger partial charge on any atom is 0.319 e. The first-order valence-corrected chi connectivity index (χ1v) is 5.81. The normalized spacial score (nSPS) is 11.1. The van der Waals surface area contributed by atoms with E-state index in [1.807, 2.05) is 0 Å². The Bertz CT molecular complexity index is 271. The zero-order valence-electron chi connectivity index (χ0n) is 11.5. The summed E-state index contributed by atoms with van der Waals surface area (Å²) in [4.78, 5) is 25.5. The molecule has 17 heavy (non-hydrogen) atoms. The van der Waals surface area contributed by atoms with Crippen LogP contribution in [0.3, 0.4) is 0 Å². The van der Waals surface area contributed by atoms with E-state index in [2.05, 4.69) is 20.8 Å². The van der Waals surface area contributed by atoms with Crippen molar-refractivity contribution in [3.05, 3.63) is 0 Å². The zero-order valence-corrected chi connectivity index (χ0v) is 11.5. The van der Waals surface area contributed by atoms with Crippen LogP contribution < -0.4 is 0 Å². The number of carbonyl (C=O) groups excluding carboxylic acids is 1. The minimum Gasteiger partial charge on any atom is -0.481 e. The molecule has 5 nitrogen and oxygen atoms in total. The standard InChI is InChI=1S/C12H24N2O3/c1-12(2,3)9-14(5)11(17)13(4)8-6-7-10(15)16/h6-9H2,1-5H3,(H,15,16). The van der Waals surface area contributed by atoms with Crippen molar-refractivity contribution < 1.29 is 14.7 Å². The Morgan fingerprint density at radius 1 is 1.12 bits per heavy atom. The lowest BCUT2D eigenvalue weighted by molar-refractivity contribution is -0.137. The van der Waals surface area contributed by atoms with Crippen LogP contribution >= 0.6 is 0 Å². The highest BCUT2D eigenvalue weighted by molar-refractivity contribution is 5.74. The molecule has 0 radical (unpaired) electrons. The maximum atomic E-state index is 11.9. The molecule has 0 saturated heterocycles. The van der Waals surface area contributed by atoms with Gasteiger partial charge >= 0.3 is 12.0 Å². The van der Waals surface area contributed by atoms with Crippen molar-refractivity contribution in [2.45, 2.75) is 33.6 Å². The largest absolute Gasteiger partial charge is 0.481 e. The molecule has 2 amide bonds. The molecule has 0 bridgehead atoms. The first-order chi connectivity index (χ1) is 7.63. The Labute approximate surface area is 103 Å². The molecule has 0 atom stereocenters. The second-order valence-electron chi connectivity index (χ2n) is 5.62. The predicted octanol–water partition coefficient (Wildman–Crippen LogP) is 1.88. The lowest BCUT2D eigenvalue weighted by atomic mass is 9.96. The third-order valence-corrected chi connectivity index (χ3v) is 2.25. The third-order valence-electron chi connectivity index (χ3n) is 2.25. The lowest BCUT2D eigenvalue weighted by Crippen LogP contribution is -2.42. The van der Waals surface area contributed by atoms with Crippen molar-refractivity contribution in [2.24, 2.45) is 5.41 Å². The number of carbonyl (C=O) groups is 2. The SMILES string of the molecule is CN(CCCC(=O)O)C(=O)N(C)CC(C)(C)C. The summed E-state index contributed by atoms with van der Waals surface area (Å²) in [7, 11) is 3.46. The summed E-state index contributed by atoms with van der Waals surface area (Å²) in [6.07, 6.45) is 0.585. The van der Waals surface area contributed by atoms with Gasteiger partial charge in [0.15, 0.2) is 0 Å². The number of carboxylic acid groups (broad SMARTS) is 1. The van der Waals surface area contributed by atoms with E-state index in [1.54, 1.807) is 23.9 Å². The van der Waals surface area contributed by atoms with Gasteiger partial charge in [-0.2, -0.15) is 0 Å². The average molecular weight is 244 g/mol. The molecule has 0 aromatic carbocycles. The van der Waals surface area contributed by atoms with Gasteiger partial charge in [0.1, 0.15) is 0 Å². The van der Waals surface area contributed by atoms with Gasteiger partial charge in [-0.15, -0.1) is 0 Å². The molecular weight excluding hydrogens is 220 g/mol. The van der Waals surface area contributed by atoms with Crippen LogP contribution in [0, 0.1) is 5.41 Å². The van der Waals surface area contributed by atoms with Crippen molar-refractivity contribution in [1.82, 2.24) is 9.80 Å². The molecule has 0 aliphatic heterocycles. The fraction of sp³-hybridized carbons (Fsp3) is 0.833.